The van der Waals surface area contributed by atoms with Gasteiger partial charge in [0.2, 0.25) is 5.95 Å². The van der Waals surface area contributed by atoms with Gasteiger partial charge in [-0.2, -0.15) is 10.1 Å². The fourth-order valence-corrected chi connectivity index (χ4v) is 3.59. The smallest absolute Gasteiger partial charge is 0.259 e. The summed E-state index contributed by atoms with van der Waals surface area (Å²) in [7, 11) is 0. The molecule has 4 heterocycles. The molecule has 32 heavy (non-hydrogen) atoms. The van der Waals surface area contributed by atoms with Crippen LogP contribution in [0.15, 0.2) is 36.7 Å². The number of aromatic nitrogens is 5. The number of nitrogens with one attached hydrogen (secondary N) is 2. The molecule has 1 aromatic carbocycles. The number of amides is 1. The van der Waals surface area contributed by atoms with Gasteiger partial charge in [0.05, 0.1) is 42.3 Å². The van der Waals surface area contributed by atoms with Gasteiger partial charge >= 0.3 is 0 Å². The Morgan fingerprint density at radius 2 is 2.03 bits per heavy atom. The number of fused-ring (bicyclic) bond motifs is 1. The number of nitrogens with zero attached hydrogens (tertiary/aromatic N) is 5. The van der Waals surface area contributed by atoms with Crippen LogP contribution in [0, 0.1) is 18.6 Å². The molecule has 1 aliphatic rings. The van der Waals surface area contributed by atoms with Crippen LogP contribution in [0.25, 0.3) is 16.9 Å². The van der Waals surface area contributed by atoms with Gasteiger partial charge in [0.15, 0.2) is 5.82 Å². The first-order valence-electron chi connectivity index (χ1n) is 9.99. The zero-order chi connectivity index (χ0) is 22.2. The first kappa shape index (κ1) is 20.1. The maximum Gasteiger partial charge on any atom is 0.259 e. The molecule has 0 saturated carbocycles. The number of benzene rings is 1. The SMILES string of the molecule is Cc1cc(F)c(-c2nc(N3CCOCC3)n[nH]2)cc1NC(=O)c1cnn2cc(F)ccc12. The number of aryl methyl sites for hydroxylation is 1. The molecule has 11 heteroatoms. The maximum absolute atomic E-state index is 14.7. The summed E-state index contributed by atoms with van der Waals surface area (Å²) < 4.78 is 34.7. The van der Waals surface area contributed by atoms with Crippen LogP contribution in [-0.4, -0.2) is 57.0 Å². The van der Waals surface area contributed by atoms with Gasteiger partial charge < -0.3 is 15.0 Å². The van der Waals surface area contributed by atoms with Crippen LogP contribution in [0.3, 0.4) is 0 Å². The van der Waals surface area contributed by atoms with Crippen molar-refractivity contribution in [2.24, 2.45) is 0 Å². The van der Waals surface area contributed by atoms with Crippen molar-refractivity contribution in [3.63, 3.8) is 0 Å². The second-order valence-electron chi connectivity index (χ2n) is 7.42. The van der Waals surface area contributed by atoms with E-state index < -0.39 is 17.5 Å². The van der Waals surface area contributed by atoms with Crippen molar-refractivity contribution in [3.05, 3.63) is 59.4 Å². The lowest BCUT2D eigenvalue weighted by Crippen LogP contribution is -2.36. The molecule has 0 radical (unpaired) electrons. The Bertz CT molecular complexity index is 1310. The number of carbonyl (C=O) groups is 1. The van der Waals surface area contributed by atoms with Gasteiger partial charge in [-0.1, -0.05) is 0 Å². The van der Waals surface area contributed by atoms with Crippen molar-refractivity contribution in [1.82, 2.24) is 24.8 Å². The van der Waals surface area contributed by atoms with Gasteiger partial charge in [-0.05, 0) is 36.8 Å². The number of halogens is 2. The van der Waals surface area contributed by atoms with Crippen molar-refractivity contribution >= 4 is 23.1 Å². The highest BCUT2D eigenvalue weighted by Gasteiger charge is 2.20. The molecule has 0 aliphatic carbocycles. The summed E-state index contributed by atoms with van der Waals surface area (Å²) in [5.74, 6) is -0.677. The molecule has 0 unspecified atom stereocenters. The van der Waals surface area contributed by atoms with E-state index in [2.05, 4.69) is 25.6 Å². The summed E-state index contributed by atoms with van der Waals surface area (Å²) in [5, 5.41) is 13.8. The first-order chi connectivity index (χ1) is 15.5. The van der Waals surface area contributed by atoms with Crippen molar-refractivity contribution in [2.75, 3.05) is 36.5 Å². The number of hydrogen-bond donors (Lipinski definition) is 2. The molecular weight excluding hydrogens is 420 g/mol. The molecule has 1 amide bonds. The molecule has 0 atom stereocenters. The molecule has 2 N–H and O–H groups in total. The van der Waals surface area contributed by atoms with E-state index in [0.717, 1.165) is 0 Å². The van der Waals surface area contributed by atoms with E-state index in [1.54, 1.807) is 6.92 Å². The highest BCUT2D eigenvalue weighted by molar-refractivity contribution is 6.09. The summed E-state index contributed by atoms with van der Waals surface area (Å²) in [4.78, 5) is 19.2. The largest absolute Gasteiger partial charge is 0.378 e. The summed E-state index contributed by atoms with van der Waals surface area (Å²) in [6, 6.07) is 5.57. The number of aromatic amines is 1. The molecule has 0 bridgehead atoms. The third-order valence-electron chi connectivity index (χ3n) is 5.31. The van der Waals surface area contributed by atoms with E-state index in [0.29, 0.717) is 49.0 Å². The quantitative estimate of drug-likeness (QED) is 0.507. The van der Waals surface area contributed by atoms with E-state index >= 15 is 0 Å². The third kappa shape index (κ3) is 3.66. The van der Waals surface area contributed by atoms with Crippen LogP contribution >= 0.6 is 0 Å². The average Bonchev–Trinajstić information content (AvgIpc) is 3.43. The number of H-pyrrole nitrogens is 1. The predicted molar refractivity (Wildman–Crippen MR) is 113 cm³/mol. The number of hydrogen-bond acceptors (Lipinski definition) is 6. The lowest BCUT2D eigenvalue weighted by Gasteiger charge is -2.25. The number of morpholine rings is 1. The standard InChI is InChI=1S/C21H19F2N7O2/c1-12-8-16(23)14(19-26-21(28-27-19)29-4-6-32-7-5-29)9-17(12)25-20(31)15-10-24-30-11-13(22)2-3-18(15)30/h2-3,8-11H,4-7H2,1H3,(H,25,31)(H,26,27,28). The lowest BCUT2D eigenvalue weighted by atomic mass is 10.1. The minimum Gasteiger partial charge on any atom is -0.378 e. The number of carbonyl (C=O) groups excluding carboxylic acids is 1. The zero-order valence-corrected chi connectivity index (χ0v) is 17.1. The van der Waals surface area contributed by atoms with Crippen LogP contribution in [-0.2, 0) is 4.74 Å². The highest BCUT2D eigenvalue weighted by atomic mass is 19.1. The summed E-state index contributed by atoms with van der Waals surface area (Å²) in [6.45, 7) is 4.15. The summed E-state index contributed by atoms with van der Waals surface area (Å²) in [6.07, 6.45) is 2.54. The number of anilines is 2. The van der Waals surface area contributed by atoms with Gasteiger partial charge in [-0.25, -0.2) is 13.3 Å². The molecule has 1 fully saturated rings. The third-order valence-corrected chi connectivity index (χ3v) is 5.31. The lowest BCUT2D eigenvalue weighted by molar-refractivity contribution is 0.102. The van der Waals surface area contributed by atoms with Crippen LogP contribution < -0.4 is 10.2 Å². The molecule has 0 spiro atoms. The van der Waals surface area contributed by atoms with E-state index in [9.17, 15) is 13.6 Å². The second kappa shape index (κ2) is 8.00. The number of rotatable bonds is 4. The zero-order valence-electron chi connectivity index (χ0n) is 17.1. The molecule has 1 saturated heterocycles. The van der Waals surface area contributed by atoms with E-state index in [1.165, 1.54) is 41.2 Å². The molecule has 1 aliphatic heterocycles. The average molecular weight is 439 g/mol. The Morgan fingerprint density at radius 1 is 1.22 bits per heavy atom. The fourth-order valence-electron chi connectivity index (χ4n) is 3.59. The van der Waals surface area contributed by atoms with Crippen molar-refractivity contribution in [2.45, 2.75) is 6.92 Å². The van der Waals surface area contributed by atoms with E-state index in [-0.39, 0.29) is 17.0 Å². The molecule has 4 aromatic rings. The predicted octanol–water partition coefficient (Wildman–Crippen LogP) is 2.79. The maximum atomic E-state index is 14.7. The topological polar surface area (TPSA) is 100 Å². The van der Waals surface area contributed by atoms with Gasteiger partial charge in [-0.3, -0.25) is 9.89 Å². The summed E-state index contributed by atoms with van der Waals surface area (Å²) >= 11 is 0. The molecule has 164 valence electrons. The normalized spacial score (nSPS) is 14.2. The Labute approximate surface area is 181 Å². The van der Waals surface area contributed by atoms with Crippen LogP contribution in [0.2, 0.25) is 0 Å². The summed E-state index contributed by atoms with van der Waals surface area (Å²) in [5.41, 5.74) is 1.85. The molecular formula is C21H19F2N7O2. The Morgan fingerprint density at radius 3 is 2.84 bits per heavy atom. The Kier molecular flexibility index (Phi) is 5.02. The Hall–Kier alpha value is -3.86. The van der Waals surface area contributed by atoms with E-state index in [1.807, 2.05) is 4.90 Å². The molecule has 5 rings (SSSR count). The second-order valence-corrected chi connectivity index (χ2v) is 7.42. The van der Waals surface area contributed by atoms with Crippen molar-refractivity contribution in [1.29, 1.82) is 0 Å². The van der Waals surface area contributed by atoms with E-state index in [4.69, 9.17) is 4.74 Å². The molecule has 9 nitrogen and oxygen atoms in total. The monoisotopic (exact) mass is 439 g/mol. The van der Waals surface area contributed by atoms with Gasteiger partial charge in [-0.15, -0.1) is 5.10 Å². The van der Waals surface area contributed by atoms with Crippen molar-refractivity contribution in [3.8, 4) is 11.4 Å². The van der Waals surface area contributed by atoms with Crippen LogP contribution in [0.4, 0.5) is 20.4 Å². The first-order valence-corrected chi connectivity index (χ1v) is 9.99. The number of pyridine rings is 1. The van der Waals surface area contributed by atoms with Gasteiger partial charge in [0.25, 0.3) is 5.91 Å². The van der Waals surface area contributed by atoms with Crippen LogP contribution in [0.1, 0.15) is 15.9 Å². The van der Waals surface area contributed by atoms with Crippen LogP contribution in [0.5, 0.6) is 0 Å². The van der Waals surface area contributed by atoms with Gasteiger partial charge in [0, 0.05) is 18.8 Å². The van der Waals surface area contributed by atoms with Gasteiger partial charge in [0.1, 0.15) is 11.6 Å². The fraction of sp³-hybridized carbons (Fsp3) is 0.238. The molecule has 3 aromatic heterocycles. The minimum atomic E-state index is -0.489. The minimum absolute atomic E-state index is 0.180. The van der Waals surface area contributed by atoms with Crippen molar-refractivity contribution < 1.29 is 18.3 Å². The Balaban J connectivity index is 1.43. The highest BCUT2D eigenvalue weighted by Crippen LogP contribution is 2.28. The number of ether oxygens (including phenoxy) is 1.